The standard InChI is InChI=1S/C26H24N6O5S/c1-15(2)17-12-19(26(30-14-17)38(28,33)34)22-23(37-21-8-6-5-7-20(21)35-3)25(36-4)32-24(31-22)16-9-10-29-18(11-16)13-27/h5-12,14-15H,1-4H3,(H2,28,33,34). The summed E-state index contributed by atoms with van der Waals surface area (Å²) in [5.74, 6) is 0.892. The van der Waals surface area contributed by atoms with Gasteiger partial charge in [-0.25, -0.2) is 28.5 Å². The van der Waals surface area contributed by atoms with Gasteiger partial charge >= 0.3 is 0 Å². The molecule has 0 atom stereocenters. The minimum absolute atomic E-state index is 0.00143. The van der Waals surface area contributed by atoms with Crippen molar-refractivity contribution in [1.82, 2.24) is 19.9 Å². The summed E-state index contributed by atoms with van der Waals surface area (Å²) in [6.07, 6.45) is 2.90. The smallest absolute Gasteiger partial charge is 0.261 e. The van der Waals surface area contributed by atoms with Crippen molar-refractivity contribution in [3.05, 3.63) is 66.1 Å². The lowest BCUT2D eigenvalue weighted by atomic mass is 10.0. The Morgan fingerprint density at radius 1 is 1.00 bits per heavy atom. The van der Waals surface area contributed by atoms with Crippen molar-refractivity contribution in [3.8, 4) is 51.8 Å². The summed E-state index contributed by atoms with van der Waals surface area (Å²) in [5, 5.41) is 14.5. The lowest BCUT2D eigenvalue weighted by Crippen LogP contribution is -2.16. The van der Waals surface area contributed by atoms with E-state index in [-0.39, 0.29) is 40.3 Å². The van der Waals surface area contributed by atoms with Gasteiger partial charge in [-0.3, -0.25) is 0 Å². The van der Waals surface area contributed by atoms with Gasteiger partial charge in [0.05, 0.1) is 14.2 Å². The van der Waals surface area contributed by atoms with Crippen LogP contribution < -0.4 is 19.3 Å². The minimum Gasteiger partial charge on any atom is -0.493 e. The number of para-hydroxylation sites is 2. The van der Waals surface area contributed by atoms with Crippen molar-refractivity contribution in [1.29, 1.82) is 5.26 Å². The molecular formula is C26H24N6O5S. The Hall–Kier alpha value is -4.60. The van der Waals surface area contributed by atoms with Gasteiger partial charge < -0.3 is 14.2 Å². The minimum atomic E-state index is -4.28. The Bertz CT molecular complexity index is 1650. The molecule has 0 fully saturated rings. The normalized spacial score (nSPS) is 11.2. The Morgan fingerprint density at radius 3 is 2.37 bits per heavy atom. The maximum atomic E-state index is 12.6. The third-order valence-corrected chi connectivity index (χ3v) is 6.37. The van der Waals surface area contributed by atoms with Crippen LogP contribution in [0.4, 0.5) is 0 Å². The quantitative estimate of drug-likeness (QED) is 0.350. The van der Waals surface area contributed by atoms with E-state index in [4.69, 9.17) is 19.3 Å². The molecular weight excluding hydrogens is 508 g/mol. The molecule has 194 valence electrons. The summed E-state index contributed by atoms with van der Waals surface area (Å²) >= 11 is 0. The molecule has 0 bridgehead atoms. The van der Waals surface area contributed by atoms with Gasteiger partial charge in [-0.15, -0.1) is 0 Å². The summed E-state index contributed by atoms with van der Waals surface area (Å²) in [6.45, 7) is 3.88. The van der Waals surface area contributed by atoms with Crippen LogP contribution in [-0.4, -0.2) is 42.6 Å². The highest BCUT2D eigenvalue weighted by molar-refractivity contribution is 7.89. The van der Waals surface area contributed by atoms with Crippen LogP contribution in [0.1, 0.15) is 31.0 Å². The van der Waals surface area contributed by atoms with E-state index in [0.717, 1.165) is 5.56 Å². The molecule has 0 spiro atoms. The zero-order valence-electron chi connectivity index (χ0n) is 21.0. The van der Waals surface area contributed by atoms with Crippen molar-refractivity contribution in [2.24, 2.45) is 5.14 Å². The predicted molar refractivity (Wildman–Crippen MR) is 138 cm³/mol. The molecule has 0 radical (unpaired) electrons. The molecule has 0 amide bonds. The van der Waals surface area contributed by atoms with Crippen molar-refractivity contribution in [2.45, 2.75) is 24.8 Å². The van der Waals surface area contributed by atoms with Crippen LogP contribution in [0.25, 0.3) is 22.6 Å². The van der Waals surface area contributed by atoms with Crippen LogP contribution >= 0.6 is 0 Å². The van der Waals surface area contributed by atoms with E-state index in [9.17, 15) is 13.7 Å². The number of hydrogen-bond donors (Lipinski definition) is 1. The SMILES string of the molecule is COc1ccccc1Oc1c(OC)nc(-c2ccnc(C#N)c2)nc1-c1cc(C(C)C)cnc1S(N)(=O)=O. The number of pyridine rings is 2. The number of nitrogens with zero attached hydrogens (tertiary/aromatic N) is 5. The lowest BCUT2D eigenvalue weighted by Gasteiger charge is -2.18. The average Bonchev–Trinajstić information content (AvgIpc) is 2.92. The number of nitriles is 1. The highest BCUT2D eigenvalue weighted by Gasteiger charge is 2.27. The number of aromatic nitrogens is 4. The number of sulfonamides is 1. The highest BCUT2D eigenvalue weighted by atomic mass is 32.2. The first-order valence-corrected chi connectivity index (χ1v) is 12.9. The Kier molecular flexibility index (Phi) is 7.52. The van der Waals surface area contributed by atoms with E-state index in [1.54, 1.807) is 36.4 Å². The van der Waals surface area contributed by atoms with E-state index < -0.39 is 15.0 Å². The summed E-state index contributed by atoms with van der Waals surface area (Å²) in [6, 6.07) is 13.6. The van der Waals surface area contributed by atoms with Crippen LogP contribution in [0, 0.1) is 11.3 Å². The Morgan fingerprint density at radius 2 is 1.74 bits per heavy atom. The van der Waals surface area contributed by atoms with Gasteiger partial charge in [-0.05, 0) is 41.8 Å². The molecule has 0 aliphatic carbocycles. The van der Waals surface area contributed by atoms with Crippen LogP contribution in [-0.2, 0) is 10.0 Å². The van der Waals surface area contributed by atoms with Crippen molar-refractivity contribution >= 4 is 10.0 Å². The number of nitrogens with two attached hydrogens (primary N) is 1. The fourth-order valence-electron chi connectivity index (χ4n) is 3.60. The molecule has 38 heavy (non-hydrogen) atoms. The molecule has 3 heterocycles. The number of hydrogen-bond acceptors (Lipinski definition) is 10. The van der Waals surface area contributed by atoms with Crippen molar-refractivity contribution in [3.63, 3.8) is 0 Å². The Balaban J connectivity index is 2.09. The Labute approximate surface area is 220 Å². The van der Waals surface area contributed by atoms with Gasteiger partial charge in [0.2, 0.25) is 5.75 Å². The largest absolute Gasteiger partial charge is 0.493 e. The maximum Gasteiger partial charge on any atom is 0.261 e. The zero-order chi connectivity index (χ0) is 27.4. The number of rotatable bonds is 8. The van der Waals surface area contributed by atoms with E-state index in [0.29, 0.717) is 17.1 Å². The summed E-state index contributed by atoms with van der Waals surface area (Å²) in [7, 11) is -1.40. The van der Waals surface area contributed by atoms with Gasteiger partial charge in [0.25, 0.3) is 15.9 Å². The topological polar surface area (TPSA) is 163 Å². The summed E-state index contributed by atoms with van der Waals surface area (Å²) in [5.41, 5.74) is 1.50. The molecule has 0 unspecified atom stereocenters. The predicted octanol–water partition coefficient (Wildman–Crippen LogP) is 4.05. The van der Waals surface area contributed by atoms with Crippen molar-refractivity contribution < 1.29 is 22.6 Å². The van der Waals surface area contributed by atoms with Crippen molar-refractivity contribution in [2.75, 3.05) is 14.2 Å². The van der Waals surface area contributed by atoms with Gasteiger partial charge in [0.1, 0.15) is 17.5 Å². The third kappa shape index (κ3) is 5.39. The second kappa shape index (κ2) is 10.8. The first kappa shape index (κ1) is 26.5. The fourth-order valence-corrected chi connectivity index (χ4v) is 4.26. The number of primary sulfonamides is 1. The number of benzene rings is 1. The van der Waals surface area contributed by atoms with Crippen LogP contribution in [0.3, 0.4) is 0 Å². The zero-order valence-corrected chi connectivity index (χ0v) is 21.9. The molecule has 11 nitrogen and oxygen atoms in total. The van der Waals surface area contributed by atoms with Crippen LogP contribution in [0.15, 0.2) is 59.9 Å². The molecule has 12 heteroatoms. The van der Waals surface area contributed by atoms with E-state index >= 15 is 0 Å². The first-order valence-electron chi connectivity index (χ1n) is 11.3. The van der Waals surface area contributed by atoms with Gasteiger partial charge in [0.15, 0.2) is 22.3 Å². The van der Waals surface area contributed by atoms with E-state index in [2.05, 4.69) is 19.9 Å². The lowest BCUT2D eigenvalue weighted by molar-refractivity contribution is 0.347. The third-order valence-electron chi connectivity index (χ3n) is 5.51. The summed E-state index contributed by atoms with van der Waals surface area (Å²) < 4.78 is 42.4. The molecule has 4 rings (SSSR count). The summed E-state index contributed by atoms with van der Waals surface area (Å²) in [4.78, 5) is 17.3. The molecule has 0 saturated heterocycles. The number of ether oxygens (including phenoxy) is 3. The van der Waals surface area contributed by atoms with Gasteiger partial charge in [0, 0.05) is 23.5 Å². The highest BCUT2D eigenvalue weighted by Crippen LogP contribution is 2.44. The maximum absolute atomic E-state index is 12.6. The van der Waals surface area contributed by atoms with E-state index in [1.165, 1.54) is 32.7 Å². The monoisotopic (exact) mass is 532 g/mol. The molecule has 3 aromatic heterocycles. The molecule has 4 aromatic rings. The first-order chi connectivity index (χ1) is 18.2. The molecule has 2 N–H and O–H groups in total. The van der Waals surface area contributed by atoms with Gasteiger partial charge in [-0.1, -0.05) is 26.0 Å². The van der Waals surface area contributed by atoms with Gasteiger partial charge in [-0.2, -0.15) is 10.2 Å². The second-order valence-electron chi connectivity index (χ2n) is 8.35. The second-order valence-corrected chi connectivity index (χ2v) is 9.83. The molecule has 0 aliphatic heterocycles. The van der Waals surface area contributed by atoms with Crippen LogP contribution in [0.2, 0.25) is 0 Å². The molecule has 1 aromatic carbocycles. The van der Waals surface area contributed by atoms with Crippen LogP contribution in [0.5, 0.6) is 23.1 Å². The average molecular weight is 533 g/mol. The molecule has 0 saturated carbocycles. The molecule has 0 aliphatic rings. The fraction of sp³-hybridized carbons (Fsp3) is 0.192. The van der Waals surface area contributed by atoms with E-state index in [1.807, 2.05) is 19.9 Å². The number of methoxy groups -OCH3 is 2.